The van der Waals surface area contributed by atoms with Crippen molar-refractivity contribution in [3.8, 4) is 0 Å². The number of anilines is 1. The van der Waals surface area contributed by atoms with Crippen molar-refractivity contribution in [2.75, 3.05) is 12.3 Å². The molecule has 0 radical (unpaired) electrons. The second-order valence-corrected chi connectivity index (χ2v) is 3.73. The summed E-state index contributed by atoms with van der Waals surface area (Å²) in [6.07, 6.45) is 1.01. The Morgan fingerprint density at radius 1 is 1.40 bits per heavy atom. The Morgan fingerprint density at radius 3 is 2.53 bits per heavy atom. The summed E-state index contributed by atoms with van der Waals surface area (Å²) in [5, 5.41) is 0. The molecule has 0 amide bonds. The molecule has 0 spiro atoms. The van der Waals surface area contributed by atoms with E-state index in [-0.39, 0.29) is 5.97 Å². The summed E-state index contributed by atoms with van der Waals surface area (Å²) in [5.74, 6) is 0.123. The van der Waals surface area contributed by atoms with Gasteiger partial charge < -0.3 is 10.5 Å². The number of carbonyl (C=O) groups excluding carboxylic acids is 1. The lowest BCUT2D eigenvalue weighted by Gasteiger charge is -2.09. The van der Waals surface area contributed by atoms with Crippen molar-refractivity contribution in [2.45, 2.75) is 20.3 Å². The highest BCUT2D eigenvalue weighted by Crippen LogP contribution is 2.08. The maximum Gasteiger partial charge on any atom is 0.338 e. The molecule has 82 valence electrons. The van der Waals surface area contributed by atoms with E-state index in [4.69, 9.17) is 10.5 Å². The number of carbonyl (C=O) groups is 1. The van der Waals surface area contributed by atoms with Gasteiger partial charge in [-0.2, -0.15) is 0 Å². The van der Waals surface area contributed by atoms with Gasteiger partial charge in [0.2, 0.25) is 0 Å². The number of benzene rings is 1. The van der Waals surface area contributed by atoms with Crippen molar-refractivity contribution in [2.24, 2.45) is 5.92 Å². The molecule has 0 heterocycles. The molecule has 1 rings (SSSR count). The van der Waals surface area contributed by atoms with Gasteiger partial charge in [0.15, 0.2) is 0 Å². The maximum atomic E-state index is 11.5. The molecule has 0 saturated heterocycles. The molecule has 15 heavy (non-hydrogen) atoms. The minimum Gasteiger partial charge on any atom is -0.462 e. The molecular weight excluding hydrogens is 190 g/mol. The standard InChI is InChI=1S/C12H17NO2/c1-3-9(2)8-15-12(14)10-4-6-11(13)7-5-10/h4-7,9H,3,8,13H2,1-2H3/t9-/m0/s1. The first-order chi connectivity index (χ1) is 7.13. The van der Waals surface area contributed by atoms with Gasteiger partial charge >= 0.3 is 5.97 Å². The third-order valence-corrected chi connectivity index (χ3v) is 2.34. The van der Waals surface area contributed by atoms with Crippen LogP contribution in [0.2, 0.25) is 0 Å². The van der Waals surface area contributed by atoms with Crippen LogP contribution in [0.25, 0.3) is 0 Å². The summed E-state index contributed by atoms with van der Waals surface area (Å²) in [4.78, 5) is 11.5. The zero-order valence-electron chi connectivity index (χ0n) is 9.19. The number of rotatable bonds is 4. The highest BCUT2D eigenvalue weighted by atomic mass is 16.5. The molecular formula is C12H17NO2. The van der Waals surface area contributed by atoms with E-state index in [1.54, 1.807) is 24.3 Å². The van der Waals surface area contributed by atoms with Gasteiger partial charge in [-0.25, -0.2) is 4.79 Å². The van der Waals surface area contributed by atoms with Crippen molar-refractivity contribution >= 4 is 11.7 Å². The topological polar surface area (TPSA) is 52.3 Å². The second kappa shape index (κ2) is 5.39. The van der Waals surface area contributed by atoms with Crippen LogP contribution in [0.3, 0.4) is 0 Å². The lowest BCUT2D eigenvalue weighted by Crippen LogP contribution is -2.11. The van der Waals surface area contributed by atoms with Crippen LogP contribution in [0.4, 0.5) is 5.69 Å². The molecule has 0 aliphatic carbocycles. The van der Waals surface area contributed by atoms with E-state index in [0.717, 1.165) is 6.42 Å². The Morgan fingerprint density at radius 2 is 2.00 bits per heavy atom. The zero-order chi connectivity index (χ0) is 11.3. The van der Waals surface area contributed by atoms with Crippen molar-refractivity contribution < 1.29 is 9.53 Å². The van der Waals surface area contributed by atoms with E-state index < -0.39 is 0 Å². The fourth-order valence-electron chi connectivity index (χ4n) is 1.04. The number of nitrogen functional groups attached to an aromatic ring is 1. The molecule has 0 fully saturated rings. The summed E-state index contributed by atoms with van der Waals surface area (Å²) in [6, 6.07) is 6.74. The van der Waals surface area contributed by atoms with Gasteiger partial charge in [-0.3, -0.25) is 0 Å². The Kier molecular flexibility index (Phi) is 4.16. The third-order valence-electron chi connectivity index (χ3n) is 2.34. The Labute approximate surface area is 90.2 Å². The zero-order valence-corrected chi connectivity index (χ0v) is 9.19. The SMILES string of the molecule is CC[C@H](C)COC(=O)c1ccc(N)cc1. The highest BCUT2D eigenvalue weighted by Gasteiger charge is 2.08. The quantitative estimate of drug-likeness (QED) is 0.609. The Hall–Kier alpha value is -1.51. The first-order valence-corrected chi connectivity index (χ1v) is 5.16. The fourth-order valence-corrected chi connectivity index (χ4v) is 1.04. The van der Waals surface area contributed by atoms with Crippen molar-refractivity contribution in [3.05, 3.63) is 29.8 Å². The number of nitrogens with two attached hydrogens (primary N) is 1. The Bertz CT molecular complexity index is 319. The van der Waals surface area contributed by atoms with Crippen molar-refractivity contribution in [3.63, 3.8) is 0 Å². The molecule has 1 aromatic rings. The van der Waals surface area contributed by atoms with Crippen LogP contribution in [0, 0.1) is 5.92 Å². The third kappa shape index (κ3) is 3.62. The average molecular weight is 207 g/mol. The van der Waals surface area contributed by atoms with E-state index in [2.05, 4.69) is 13.8 Å². The molecule has 0 saturated carbocycles. The number of hydrogen-bond acceptors (Lipinski definition) is 3. The first kappa shape index (κ1) is 11.6. The average Bonchev–Trinajstić information content (AvgIpc) is 2.26. The molecule has 3 nitrogen and oxygen atoms in total. The van der Waals surface area contributed by atoms with Gasteiger partial charge in [-0.05, 0) is 30.2 Å². The lowest BCUT2D eigenvalue weighted by molar-refractivity contribution is 0.0447. The molecule has 1 atom stereocenters. The summed E-state index contributed by atoms with van der Waals surface area (Å²) < 4.78 is 5.14. The number of hydrogen-bond donors (Lipinski definition) is 1. The van der Waals surface area contributed by atoms with E-state index >= 15 is 0 Å². The van der Waals surface area contributed by atoms with Crippen LogP contribution in [-0.4, -0.2) is 12.6 Å². The minimum absolute atomic E-state index is 0.282. The van der Waals surface area contributed by atoms with Gasteiger partial charge in [-0.15, -0.1) is 0 Å². The van der Waals surface area contributed by atoms with Gasteiger partial charge in [0.1, 0.15) is 0 Å². The van der Waals surface area contributed by atoms with Gasteiger partial charge in [0.05, 0.1) is 12.2 Å². The fraction of sp³-hybridized carbons (Fsp3) is 0.417. The summed E-state index contributed by atoms with van der Waals surface area (Å²) in [6.45, 7) is 4.59. The van der Waals surface area contributed by atoms with Crippen LogP contribution in [0.5, 0.6) is 0 Å². The lowest BCUT2D eigenvalue weighted by atomic mass is 10.1. The second-order valence-electron chi connectivity index (χ2n) is 3.73. The molecule has 0 bridgehead atoms. The predicted molar refractivity (Wildman–Crippen MR) is 60.6 cm³/mol. The number of ether oxygens (including phenoxy) is 1. The largest absolute Gasteiger partial charge is 0.462 e. The summed E-state index contributed by atoms with van der Waals surface area (Å²) >= 11 is 0. The monoisotopic (exact) mass is 207 g/mol. The molecule has 2 N–H and O–H groups in total. The molecule has 0 aromatic heterocycles. The minimum atomic E-state index is -0.282. The predicted octanol–water partition coefficient (Wildman–Crippen LogP) is 2.47. The van der Waals surface area contributed by atoms with Crippen LogP contribution in [-0.2, 0) is 4.74 Å². The first-order valence-electron chi connectivity index (χ1n) is 5.16. The van der Waals surface area contributed by atoms with E-state index in [1.165, 1.54) is 0 Å². The van der Waals surface area contributed by atoms with Crippen molar-refractivity contribution in [1.82, 2.24) is 0 Å². The van der Waals surface area contributed by atoms with Crippen LogP contribution in [0.15, 0.2) is 24.3 Å². The highest BCUT2D eigenvalue weighted by molar-refractivity contribution is 5.89. The van der Waals surface area contributed by atoms with E-state index in [0.29, 0.717) is 23.8 Å². The molecule has 0 aliphatic rings. The van der Waals surface area contributed by atoms with Crippen molar-refractivity contribution in [1.29, 1.82) is 0 Å². The van der Waals surface area contributed by atoms with Gasteiger partial charge in [0, 0.05) is 5.69 Å². The normalized spacial score (nSPS) is 12.1. The molecule has 0 unspecified atom stereocenters. The van der Waals surface area contributed by atoms with Crippen LogP contribution >= 0.6 is 0 Å². The van der Waals surface area contributed by atoms with Gasteiger partial charge in [0.25, 0.3) is 0 Å². The maximum absolute atomic E-state index is 11.5. The van der Waals surface area contributed by atoms with E-state index in [1.807, 2.05) is 0 Å². The van der Waals surface area contributed by atoms with E-state index in [9.17, 15) is 4.79 Å². The Balaban J connectivity index is 2.50. The molecule has 1 aromatic carbocycles. The molecule has 3 heteroatoms. The van der Waals surface area contributed by atoms with Crippen LogP contribution < -0.4 is 5.73 Å². The van der Waals surface area contributed by atoms with Crippen LogP contribution in [0.1, 0.15) is 30.6 Å². The number of esters is 1. The summed E-state index contributed by atoms with van der Waals surface area (Å²) in [7, 11) is 0. The summed E-state index contributed by atoms with van der Waals surface area (Å²) in [5.41, 5.74) is 6.71. The van der Waals surface area contributed by atoms with Gasteiger partial charge in [-0.1, -0.05) is 20.3 Å². The smallest absolute Gasteiger partial charge is 0.338 e. The molecule has 0 aliphatic heterocycles.